The van der Waals surface area contributed by atoms with E-state index in [0.717, 1.165) is 17.0 Å². The lowest BCUT2D eigenvalue weighted by molar-refractivity contribution is -0.118. The fourth-order valence-corrected chi connectivity index (χ4v) is 3.22. The molecular formula is C15H16Cl2N4OS. The van der Waals surface area contributed by atoms with Crippen molar-refractivity contribution >= 4 is 46.8 Å². The number of rotatable bonds is 6. The van der Waals surface area contributed by atoms with Crippen molar-refractivity contribution < 1.29 is 4.79 Å². The maximum atomic E-state index is 11.8. The van der Waals surface area contributed by atoms with Crippen LogP contribution in [0, 0.1) is 13.8 Å². The van der Waals surface area contributed by atoms with E-state index in [4.69, 9.17) is 23.2 Å². The van der Waals surface area contributed by atoms with Gasteiger partial charge in [-0.15, -0.1) is 11.8 Å². The molecule has 0 aliphatic rings. The van der Waals surface area contributed by atoms with Gasteiger partial charge in [0.2, 0.25) is 11.9 Å². The monoisotopic (exact) mass is 370 g/mol. The molecule has 0 unspecified atom stereocenters. The number of aryl methyl sites for hydroxylation is 2. The summed E-state index contributed by atoms with van der Waals surface area (Å²) in [5.41, 5.74) is 7.90. The molecule has 0 fully saturated rings. The van der Waals surface area contributed by atoms with Gasteiger partial charge in [-0.05, 0) is 37.6 Å². The first-order valence-corrected chi connectivity index (χ1v) is 8.74. The highest BCUT2D eigenvalue weighted by atomic mass is 35.5. The number of halogens is 2. The summed E-state index contributed by atoms with van der Waals surface area (Å²) in [5.74, 6) is 1.13. The van der Waals surface area contributed by atoms with E-state index in [2.05, 4.69) is 20.8 Å². The summed E-state index contributed by atoms with van der Waals surface area (Å²) in [5, 5.41) is 1.20. The quantitative estimate of drug-likeness (QED) is 0.757. The average Bonchev–Trinajstić information content (AvgIpc) is 2.46. The Morgan fingerprint density at radius 3 is 2.52 bits per heavy atom. The molecule has 0 saturated heterocycles. The van der Waals surface area contributed by atoms with E-state index in [1.54, 1.807) is 12.1 Å². The third-order valence-corrected chi connectivity index (χ3v) is 4.37. The van der Waals surface area contributed by atoms with Crippen molar-refractivity contribution in [1.29, 1.82) is 0 Å². The molecule has 0 radical (unpaired) electrons. The molecule has 1 amide bonds. The van der Waals surface area contributed by atoms with Crippen LogP contribution in [0.4, 0.5) is 5.95 Å². The minimum absolute atomic E-state index is 0.164. The number of hydrogen-bond donors (Lipinski definition) is 2. The summed E-state index contributed by atoms with van der Waals surface area (Å²) in [7, 11) is 0. The van der Waals surface area contributed by atoms with Crippen molar-refractivity contribution in [3.63, 3.8) is 0 Å². The van der Waals surface area contributed by atoms with Gasteiger partial charge in [0.05, 0.1) is 5.75 Å². The molecule has 2 aromatic rings. The molecule has 1 heterocycles. The highest BCUT2D eigenvalue weighted by Gasteiger charge is 2.06. The number of benzene rings is 1. The molecule has 5 nitrogen and oxygen atoms in total. The van der Waals surface area contributed by atoms with E-state index in [1.165, 1.54) is 11.8 Å². The van der Waals surface area contributed by atoms with Crippen LogP contribution < -0.4 is 10.9 Å². The second-order valence-corrected chi connectivity index (χ2v) is 6.71. The van der Waals surface area contributed by atoms with Gasteiger partial charge in [0.1, 0.15) is 0 Å². The number of nitrogens with one attached hydrogen (secondary N) is 2. The van der Waals surface area contributed by atoms with Crippen molar-refractivity contribution in [2.75, 3.05) is 11.2 Å². The topological polar surface area (TPSA) is 66.9 Å². The van der Waals surface area contributed by atoms with E-state index < -0.39 is 0 Å². The Balaban J connectivity index is 1.77. The van der Waals surface area contributed by atoms with Gasteiger partial charge in [0, 0.05) is 27.2 Å². The molecular weight excluding hydrogens is 355 g/mol. The summed E-state index contributed by atoms with van der Waals surface area (Å²) < 4.78 is 0. The number of aromatic nitrogens is 2. The molecule has 0 aliphatic carbocycles. The fraction of sp³-hybridized carbons (Fsp3) is 0.267. The summed E-state index contributed by atoms with van der Waals surface area (Å²) in [6.45, 7) is 3.74. The van der Waals surface area contributed by atoms with Gasteiger partial charge < -0.3 is 0 Å². The number of thioether (sulfide) groups is 1. The molecule has 0 atom stereocenters. The number of carbonyl (C=O) groups is 1. The molecule has 1 aromatic heterocycles. The lowest BCUT2D eigenvalue weighted by Gasteiger charge is -2.08. The van der Waals surface area contributed by atoms with Gasteiger partial charge in [-0.3, -0.25) is 15.6 Å². The smallest absolute Gasteiger partial charge is 0.248 e. The van der Waals surface area contributed by atoms with Crippen LogP contribution in [-0.4, -0.2) is 21.6 Å². The van der Waals surface area contributed by atoms with Crippen molar-refractivity contribution in [2.24, 2.45) is 0 Å². The Hall–Kier alpha value is -1.50. The Morgan fingerprint density at radius 2 is 1.87 bits per heavy atom. The number of nitrogens with zero attached hydrogens (tertiary/aromatic N) is 2. The predicted molar refractivity (Wildman–Crippen MR) is 95.9 cm³/mol. The van der Waals surface area contributed by atoms with Crippen LogP contribution >= 0.6 is 35.0 Å². The summed E-state index contributed by atoms with van der Waals surface area (Å²) in [6.07, 6.45) is 0. The number of hydrogen-bond acceptors (Lipinski definition) is 5. The van der Waals surface area contributed by atoms with Crippen LogP contribution in [0.2, 0.25) is 10.0 Å². The fourth-order valence-electron chi connectivity index (χ4n) is 1.84. The average molecular weight is 371 g/mol. The van der Waals surface area contributed by atoms with Crippen LogP contribution in [-0.2, 0) is 10.5 Å². The highest BCUT2D eigenvalue weighted by molar-refractivity contribution is 7.99. The van der Waals surface area contributed by atoms with Crippen molar-refractivity contribution in [3.05, 3.63) is 51.3 Å². The number of anilines is 1. The number of carbonyl (C=O) groups excluding carboxylic acids is 1. The van der Waals surface area contributed by atoms with E-state index in [0.29, 0.717) is 21.7 Å². The molecule has 0 saturated carbocycles. The van der Waals surface area contributed by atoms with Gasteiger partial charge in [0.15, 0.2) is 0 Å². The molecule has 0 bridgehead atoms. The van der Waals surface area contributed by atoms with Crippen LogP contribution in [0.5, 0.6) is 0 Å². The molecule has 122 valence electrons. The van der Waals surface area contributed by atoms with Gasteiger partial charge in [0.25, 0.3) is 0 Å². The highest BCUT2D eigenvalue weighted by Crippen LogP contribution is 2.24. The first-order valence-electron chi connectivity index (χ1n) is 6.83. The third-order valence-electron chi connectivity index (χ3n) is 2.80. The van der Waals surface area contributed by atoms with Crippen molar-refractivity contribution in [2.45, 2.75) is 19.6 Å². The van der Waals surface area contributed by atoms with E-state index in [9.17, 15) is 4.79 Å². The summed E-state index contributed by atoms with van der Waals surface area (Å²) in [4.78, 5) is 20.2. The van der Waals surface area contributed by atoms with E-state index in [-0.39, 0.29) is 11.7 Å². The Bertz CT molecular complexity index is 692. The minimum atomic E-state index is -0.164. The zero-order valence-corrected chi connectivity index (χ0v) is 15.0. The SMILES string of the molecule is Cc1cc(C)nc(NNC(=O)CSCc2ccc(Cl)cc2Cl)n1. The van der Waals surface area contributed by atoms with Gasteiger partial charge in [-0.1, -0.05) is 29.3 Å². The first-order chi connectivity index (χ1) is 10.9. The molecule has 0 spiro atoms. The second-order valence-electron chi connectivity index (χ2n) is 4.88. The maximum Gasteiger partial charge on any atom is 0.248 e. The second kappa shape index (κ2) is 8.38. The van der Waals surface area contributed by atoms with Crippen molar-refractivity contribution in [3.8, 4) is 0 Å². The van der Waals surface area contributed by atoms with Gasteiger partial charge >= 0.3 is 0 Å². The molecule has 1 aromatic carbocycles. The van der Waals surface area contributed by atoms with Crippen LogP contribution in [0.15, 0.2) is 24.3 Å². The Kier molecular flexibility index (Phi) is 6.50. The largest absolute Gasteiger partial charge is 0.272 e. The standard InChI is InChI=1S/C15H16Cl2N4OS/c1-9-5-10(2)19-15(18-9)21-20-14(22)8-23-7-11-3-4-12(16)6-13(11)17/h3-6H,7-8H2,1-2H3,(H,20,22)(H,18,19,21). The normalized spacial score (nSPS) is 10.4. The number of hydrazine groups is 1. The van der Waals surface area contributed by atoms with E-state index in [1.807, 2.05) is 26.0 Å². The van der Waals surface area contributed by atoms with Crippen LogP contribution in [0.25, 0.3) is 0 Å². The summed E-state index contributed by atoms with van der Waals surface area (Å²) >= 11 is 13.4. The Labute approximate surface area is 149 Å². The molecule has 2 N–H and O–H groups in total. The van der Waals surface area contributed by atoms with Crippen LogP contribution in [0.1, 0.15) is 17.0 Å². The van der Waals surface area contributed by atoms with Crippen LogP contribution in [0.3, 0.4) is 0 Å². The molecule has 0 aliphatic heterocycles. The first kappa shape index (κ1) is 17.8. The van der Waals surface area contributed by atoms with Crippen molar-refractivity contribution in [1.82, 2.24) is 15.4 Å². The van der Waals surface area contributed by atoms with E-state index >= 15 is 0 Å². The molecule has 2 rings (SSSR count). The predicted octanol–water partition coefficient (Wildman–Crippen LogP) is 3.78. The molecule has 8 heteroatoms. The maximum absolute atomic E-state index is 11.8. The third kappa shape index (κ3) is 5.89. The zero-order valence-electron chi connectivity index (χ0n) is 12.7. The van der Waals surface area contributed by atoms with Gasteiger partial charge in [-0.25, -0.2) is 9.97 Å². The minimum Gasteiger partial charge on any atom is -0.272 e. The lowest BCUT2D eigenvalue weighted by Crippen LogP contribution is -2.32. The summed E-state index contributed by atoms with van der Waals surface area (Å²) in [6, 6.07) is 7.19. The zero-order chi connectivity index (χ0) is 16.8. The molecule has 23 heavy (non-hydrogen) atoms. The van der Waals surface area contributed by atoms with Gasteiger partial charge in [-0.2, -0.15) is 0 Å². The Morgan fingerprint density at radius 1 is 1.17 bits per heavy atom. The number of amides is 1. The lowest BCUT2D eigenvalue weighted by atomic mass is 10.2.